The topological polar surface area (TPSA) is 152 Å². The number of hydrogen-bond donors (Lipinski definition) is 1. The fraction of sp³-hybridized carbons (Fsp3) is 0.647. The summed E-state index contributed by atoms with van der Waals surface area (Å²) < 4.78 is 45.1. The van der Waals surface area contributed by atoms with Crippen LogP contribution in [0.5, 0.6) is 0 Å². The number of rotatable bonds is 14. The fourth-order valence-corrected chi connectivity index (χ4v) is 4.93. The number of pyridine rings is 2. The van der Waals surface area contributed by atoms with E-state index in [1.165, 1.54) is 14.2 Å². The van der Waals surface area contributed by atoms with Crippen LogP contribution in [0.4, 0.5) is 0 Å². The van der Waals surface area contributed by atoms with Gasteiger partial charge in [0.15, 0.2) is 0 Å². The van der Waals surface area contributed by atoms with Crippen molar-refractivity contribution in [3.05, 3.63) is 59.2 Å². The van der Waals surface area contributed by atoms with Crippen LogP contribution < -0.4 is 5.32 Å². The highest BCUT2D eigenvalue weighted by Gasteiger charge is 2.24. The van der Waals surface area contributed by atoms with E-state index in [0.717, 1.165) is 12.2 Å². The van der Waals surface area contributed by atoms with Crippen LogP contribution in [0, 0.1) is 0 Å². The molecule has 1 N–H and O–H groups in total. The predicted octanol–water partition coefficient (Wildman–Crippen LogP) is 1.23. The molecule has 2 aromatic rings. The minimum atomic E-state index is -0.501. The number of likely N-dealkylation sites (N-methyl/N-ethyl adjacent to an activating group) is 1. The van der Waals surface area contributed by atoms with Gasteiger partial charge in [0.05, 0.1) is 111 Å². The van der Waals surface area contributed by atoms with Crippen molar-refractivity contribution >= 4 is 11.9 Å². The minimum Gasteiger partial charge on any atom is -0.464 e. The summed E-state index contributed by atoms with van der Waals surface area (Å²) in [4.78, 5) is 37.6. The SMILES string of the molecule is CNCCOCCOCC(c1cccc(C(=O)OC)n1)N1CCOCCOCCN(Cc2cccc(C(=O)OC)n2)CCOCCOCC1. The van der Waals surface area contributed by atoms with E-state index in [1.54, 1.807) is 24.3 Å². The molecule has 0 saturated carbocycles. The first-order valence-electron chi connectivity index (χ1n) is 16.7. The first-order chi connectivity index (χ1) is 24.0. The van der Waals surface area contributed by atoms with Gasteiger partial charge >= 0.3 is 11.9 Å². The zero-order valence-electron chi connectivity index (χ0n) is 29.1. The van der Waals surface area contributed by atoms with Crippen LogP contribution in [-0.4, -0.2) is 165 Å². The second-order valence-electron chi connectivity index (χ2n) is 11.0. The number of hydrogen-bond acceptors (Lipinski definition) is 15. The van der Waals surface area contributed by atoms with Crippen molar-refractivity contribution in [1.82, 2.24) is 25.1 Å². The molecule has 0 bridgehead atoms. The summed E-state index contributed by atoms with van der Waals surface area (Å²) in [6.45, 7) is 9.17. The van der Waals surface area contributed by atoms with Gasteiger partial charge in [-0.3, -0.25) is 9.80 Å². The van der Waals surface area contributed by atoms with Crippen LogP contribution in [0.2, 0.25) is 0 Å². The lowest BCUT2D eigenvalue weighted by atomic mass is 10.1. The molecule has 3 rings (SSSR count). The summed E-state index contributed by atoms with van der Waals surface area (Å²) in [7, 11) is 4.56. The van der Waals surface area contributed by atoms with Gasteiger partial charge in [-0.15, -0.1) is 0 Å². The summed E-state index contributed by atoms with van der Waals surface area (Å²) in [6.07, 6.45) is 0. The van der Waals surface area contributed by atoms with E-state index >= 15 is 0 Å². The number of carbonyl (C=O) groups excluding carboxylic acids is 2. The average molecular weight is 692 g/mol. The molecule has 0 amide bonds. The van der Waals surface area contributed by atoms with Crippen molar-refractivity contribution in [1.29, 1.82) is 0 Å². The van der Waals surface area contributed by atoms with E-state index in [1.807, 2.05) is 19.2 Å². The van der Waals surface area contributed by atoms with Crippen molar-refractivity contribution in [2.45, 2.75) is 12.6 Å². The first kappa shape index (κ1) is 40.3. The fourth-order valence-electron chi connectivity index (χ4n) is 4.93. The molecule has 15 nitrogen and oxygen atoms in total. The highest BCUT2D eigenvalue weighted by molar-refractivity contribution is 5.87. The molecule has 1 fully saturated rings. The van der Waals surface area contributed by atoms with Crippen molar-refractivity contribution in [3.63, 3.8) is 0 Å². The van der Waals surface area contributed by atoms with Crippen LogP contribution in [0.1, 0.15) is 38.4 Å². The maximum absolute atomic E-state index is 12.3. The van der Waals surface area contributed by atoms with Gasteiger partial charge in [-0.25, -0.2) is 19.6 Å². The molecule has 1 unspecified atom stereocenters. The zero-order chi connectivity index (χ0) is 34.9. The first-order valence-corrected chi connectivity index (χ1v) is 16.7. The molecule has 2 aromatic heterocycles. The Morgan fingerprint density at radius 1 is 0.735 bits per heavy atom. The minimum absolute atomic E-state index is 0.230. The van der Waals surface area contributed by atoms with Gasteiger partial charge < -0.3 is 43.2 Å². The number of nitrogens with one attached hydrogen (secondary N) is 1. The molecule has 1 atom stereocenters. The van der Waals surface area contributed by atoms with Crippen LogP contribution in [0.3, 0.4) is 0 Å². The van der Waals surface area contributed by atoms with Crippen LogP contribution >= 0.6 is 0 Å². The Balaban J connectivity index is 1.59. The molecule has 1 aliphatic heterocycles. The molecule has 0 aliphatic carbocycles. The van der Waals surface area contributed by atoms with E-state index in [4.69, 9.17) is 37.9 Å². The molecule has 274 valence electrons. The normalized spacial score (nSPS) is 17.4. The molecule has 1 saturated heterocycles. The number of methoxy groups -OCH3 is 2. The number of nitrogens with zero attached hydrogens (tertiary/aromatic N) is 4. The molecular weight excluding hydrogens is 638 g/mol. The smallest absolute Gasteiger partial charge is 0.356 e. The highest BCUT2D eigenvalue weighted by Crippen LogP contribution is 2.20. The van der Waals surface area contributed by atoms with Crippen LogP contribution in [0.25, 0.3) is 0 Å². The lowest BCUT2D eigenvalue weighted by Gasteiger charge is -2.31. The van der Waals surface area contributed by atoms with E-state index < -0.39 is 11.9 Å². The third-order valence-corrected chi connectivity index (χ3v) is 7.57. The third kappa shape index (κ3) is 16.0. The van der Waals surface area contributed by atoms with Crippen LogP contribution in [-0.2, 0) is 44.4 Å². The second-order valence-corrected chi connectivity index (χ2v) is 11.0. The van der Waals surface area contributed by atoms with Gasteiger partial charge in [0.1, 0.15) is 11.4 Å². The maximum Gasteiger partial charge on any atom is 0.356 e. The van der Waals surface area contributed by atoms with Gasteiger partial charge in [-0.1, -0.05) is 12.1 Å². The van der Waals surface area contributed by atoms with E-state index in [0.29, 0.717) is 118 Å². The Labute approximate surface area is 289 Å². The van der Waals surface area contributed by atoms with E-state index in [-0.39, 0.29) is 17.4 Å². The van der Waals surface area contributed by atoms with Gasteiger partial charge in [-0.05, 0) is 31.3 Å². The van der Waals surface area contributed by atoms with Crippen molar-refractivity contribution in [2.24, 2.45) is 0 Å². The number of aromatic nitrogens is 2. The Morgan fingerprint density at radius 2 is 1.29 bits per heavy atom. The van der Waals surface area contributed by atoms with Gasteiger partial charge in [0, 0.05) is 39.3 Å². The average Bonchev–Trinajstić information content (AvgIpc) is 3.13. The third-order valence-electron chi connectivity index (χ3n) is 7.57. The lowest BCUT2D eigenvalue weighted by Crippen LogP contribution is -2.38. The molecule has 49 heavy (non-hydrogen) atoms. The summed E-state index contributed by atoms with van der Waals surface area (Å²) in [5, 5.41) is 3.05. The molecule has 0 aromatic carbocycles. The van der Waals surface area contributed by atoms with Crippen LogP contribution in [0.15, 0.2) is 36.4 Å². The summed E-state index contributed by atoms with van der Waals surface area (Å²) in [6, 6.07) is 10.4. The molecule has 0 radical (unpaired) electrons. The molecule has 3 heterocycles. The Morgan fingerprint density at radius 3 is 1.88 bits per heavy atom. The van der Waals surface area contributed by atoms with E-state index in [9.17, 15) is 9.59 Å². The molecule has 0 spiro atoms. The monoisotopic (exact) mass is 691 g/mol. The largest absolute Gasteiger partial charge is 0.464 e. The van der Waals surface area contributed by atoms with E-state index in [2.05, 4.69) is 25.1 Å². The number of carbonyl (C=O) groups is 2. The standard InChI is InChI=1S/C34H53N5O10/c1-35-10-15-44-24-25-49-27-32(29-7-5-9-31(37-29)34(41)43-3)39-13-18-47-22-20-45-16-11-38(12-17-46-21-23-48-19-14-39)26-28-6-4-8-30(36-28)33(40)42-2/h4-9,32,35H,10-27H2,1-3H3. The Kier molecular flexibility index (Phi) is 20.5. The number of ether oxygens (including phenoxy) is 8. The summed E-state index contributed by atoms with van der Waals surface area (Å²) in [5.74, 6) is -0.968. The quantitative estimate of drug-likeness (QED) is 0.223. The summed E-state index contributed by atoms with van der Waals surface area (Å²) in [5.41, 5.74) is 1.95. The molecule has 1 aliphatic rings. The Hall–Kier alpha value is -3.12. The Bertz CT molecular complexity index is 1190. The molecular formula is C34H53N5O10. The predicted molar refractivity (Wildman–Crippen MR) is 180 cm³/mol. The van der Waals surface area contributed by atoms with Gasteiger partial charge in [0.25, 0.3) is 0 Å². The maximum atomic E-state index is 12.3. The molecule has 15 heteroatoms. The highest BCUT2D eigenvalue weighted by atomic mass is 16.5. The lowest BCUT2D eigenvalue weighted by molar-refractivity contribution is -0.0163. The van der Waals surface area contributed by atoms with Gasteiger partial charge in [-0.2, -0.15) is 0 Å². The van der Waals surface area contributed by atoms with Crippen molar-refractivity contribution in [3.8, 4) is 0 Å². The second kappa shape index (κ2) is 24.9. The summed E-state index contributed by atoms with van der Waals surface area (Å²) >= 11 is 0. The zero-order valence-corrected chi connectivity index (χ0v) is 29.1. The van der Waals surface area contributed by atoms with Crippen molar-refractivity contribution in [2.75, 3.05) is 133 Å². The van der Waals surface area contributed by atoms with Crippen molar-refractivity contribution < 1.29 is 47.5 Å². The van der Waals surface area contributed by atoms with Gasteiger partial charge in [0.2, 0.25) is 0 Å². The number of esters is 2.